The zero-order chi connectivity index (χ0) is 17.7. The molecule has 0 saturated heterocycles. The Morgan fingerprint density at radius 2 is 1.96 bits per heavy atom. The van der Waals surface area contributed by atoms with Crippen LogP contribution in [0.5, 0.6) is 0 Å². The predicted octanol–water partition coefficient (Wildman–Crippen LogP) is 3.19. The highest BCUT2D eigenvalue weighted by molar-refractivity contribution is 7.80. The number of hydrazine groups is 1. The minimum atomic E-state index is -0.666. The van der Waals surface area contributed by atoms with Crippen molar-refractivity contribution in [2.24, 2.45) is 0 Å². The van der Waals surface area contributed by atoms with E-state index >= 15 is 0 Å². The number of carbonyl (C=O) groups is 1. The van der Waals surface area contributed by atoms with Gasteiger partial charge in [-0.15, -0.1) is 0 Å². The van der Waals surface area contributed by atoms with Crippen LogP contribution in [0.2, 0.25) is 5.02 Å². The molecule has 0 aliphatic carbocycles. The molecule has 0 radical (unpaired) electrons. The minimum absolute atomic E-state index is 0.0574. The van der Waals surface area contributed by atoms with E-state index in [2.05, 4.69) is 16.2 Å². The molecule has 2 aromatic rings. The number of anilines is 1. The summed E-state index contributed by atoms with van der Waals surface area (Å²) in [4.78, 5) is 22.5. The van der Waals surface area contributed by atoms with E-state index in [1.165, 1.54) is 12.1 Å². The molecule has 0 atom stereocenters. The largest absolute Gasteiger partial charge is 0.331 e. The zero-order valence-corrected chi connectivity index (χ0v) is 14.1. The van der Waals surface area contributed by atoms with Gasteiger partial charge in [-0.2, -0.15) is 0 Å². The molecule has 0 spiro atoms. The lowest BCUT2D eigenvalue weighted by Crippen LogP contribution is -2.43. The van der Waals surface area contributed by atoms with Crippen molar-refractivity contribution in [2.75, 3.05) is 5.32 Å². The number of thiocarbonyl (C=S) groups is 1. The maximum Gasteiger partial charge on any atom is 0.282 e. The van der Waals surface area contributed by atoms with Crippen LogP contribution < -0.4 is 16.2 Å². The highest BCUT2D eigenvalue weighted by atomic mass is 35.5. The van der Waals surface area contributed by atoms with Crippen LogP contribution in [-0.4, -0.2) is 15.9 Å². The number of nitro groups is 1. The highest BCUT2D eigenvalue weighted by Gasteiger charge is 2.20. The molecule has 0 aliphatic heterocycles. The smallest absolute Gasteiger partial charge is 0.282 e. The van der Waals surface area contributed by atoms with E-state index in [0.717, 1.165) is 5.56 Å². The number of amides is 1. The Bertz CT molecular complexity index is 813. The van der Waals surface area contributed by atoms with Crippen LogP contribution in [-0.2, 0) is 0 Å². The SMILES string of the molecule is Cc1ccc([N+](=O)[O-])c(C(=O)NNC(=S)Nc2cccc(Cl)c2)c1. The number of rotatable bonds is 3. The Labute approximate surface area is 148 Å². The third kappa shape index (κ3) is 4.64. The molecule has 2 aromatic carbocycles. The summed E-state index contributed by atoms with van der Waals surface area (Å²) >= 11 is 10.9. The average molecular weight is 365 g/mol. The molecule has 0 bridgehead atoms. The molecule has 24 heavy (non-hydrogen) atoms. The molecule has 2 rings (SSSR count). The van der Waals surface area contributed by atoms with Gasteiger partial charge in [0.1, 0.15) is 5.56 Å². The number of hydrogen-bond acceptors (Lipinski definition) is 4. The third-order valence-electron chi connectivity index (χ3n) is 2.97. The van der Waals surface area contributed by atoms with Crippen LogP contribution in [0.1, 0.15) is 15.9 Å². The quantitative estimate of drug-likeness (QED) is 0.439. The van der Waals surface area contributed by atoms with Crippen LogP contribution in [0.4, 0.5) is 11.4 Å². The number of nitrogens with one attached hydrogen (secondary N) is 3. The lowest BCUT2D eigenvalue weighted by Gasteiger charge is -2.12. The molecule has 0 aromatic heterocycles. The summed E-state index contributed by atoms with van der Waals surface area (Å²) in [6, 6.07) is 11.1. The van der Waals surface area contributed by atoms with E-state index in [-0.39, 0.29) is 16.4 Å². The molecule has 0 saturated carbocycles. The molecule has 1 amide bonds. The Balaban J connectivity index is 2.02. The van der Waals surface area contributed by atoms with E-state index in [9.17, 15) is 14.9 Å². The van der Waals surface area contributed by atoms with Gasteiger partial charge in [-0.1, -0.05) is 23.7 Å². The predicted molar refractivity (Wildman–Crippen MR) is 96.1 cm³/mol. The van der Waals surface area contributed by atoms with Crippen LogP contribution in [0, 0.1) is 17.0 Å². The topological polar surface area (TPSA) is 96.3 Å². The number of aryl methyl sites for hydroxylation is 1. The van der Waals surface area contributed by atoms with Gasteiger partial charge < -0.3 is 5.32 Å². The summed E-state index contributed by atoms with van der Waals surface area (Å²) < 4.78 is 0. The Kier molecular flexibility index (Phi) is 5.67. The monoisotopic (exact) mass is 364 g/mol. The molecular formula is C15H13ClN4O3S. The molecule has 9 heteroatoms. The summed E-state index contributed by atoms with van der Waals surface area (Å²) in [5, 5.41) is 14.5. The number of nitrogens with zero attached hydrogens (tertiary/aromatic N) is 1. The lowest BCUT2D eigenvalue weighted by atomic mass is 10.1. The Morgan fingerprint density at radius 3 is 2.62 bits per heavy atom. The van der Waals surface area contributed by atoms with Crippen molar-refractivity contribution in [3.63, 3.8) is 0 Å². The van der Waals surface area contributed by atoms with Crippen molar-refractivity contribution in [3.8, 4) is 0 Å². The maximum absolute atomic E-state index is 12.1. The Hall–Kier alpha value is -2.71. The van der Waals surface area contributed by atoms with Crippen LogP contribution in [0.25, 0.3) is 0 Å². The van der Waals surface area contributed by atoms with Crippen LogP contribution in [0.15, 0.2) is 42.5 Å². The lowest BCUT2D eigenvalue weighted by molar-refractivity contribution is -0.385. The van der Waals surface area contributed by atoms with E-state index in [0.29, 0.717) is 10.7 Å². The second kappa shape index (κ2) is 7.71. The van der Waals surface area contributed by atoms with Crippen molar-refractivity contribution in [3.05, 3.63) is 68.7 Å². The van der Waals surface area contributed by atoms with Crippen LogP contribution >= 0.6 is 23.8 Å². The van der Waals surface area contributed by atoms with E-state index < -0.39 is 10.8 Å². The summed E-state index contributed by atoms with van der Waals surface area (Å²) in [7, 11) is 0. The van der Waals surface area contributed by atoms with Gasteiger partial charge in [0, 0.05) is 16.8 Å². The fourth-order valence-electron chi connectivity index (χ4n) is 1.90. The molecule has 0 heterocycles. The van der Waals surface area contributed by atoms with Gasteiger partial charge in [0.25, 0.3) is 11.6 Å². The van der Waals surface area contributed by atoms with Crippen molar-refractivity contribution in [1.29, 1.82) is 0 Å². The van der Waals surface area contributed by atoms with Crippen LogP contribution in [0.3, 0.4) is 0 Å². The van der Waals surface area contributed by atoms with Gasteiger partial charge in [0.2, 0.25) is 0 Å². The molecule has 124 valence electrons. The first-order chi connectivity index (χ1) is 11.4. The molecule has 3 N–H and O–H groups in total. The average Bonchev–Trinajstić information content (AvgIpc) is 2.52. The fourth-order valence-corrected chi connectivity index (χ4v) is 2.26. The van der Waals surface area contributed by atoms with Gasteiger partial charge in [-0.25, -0.2) is 0 Å². The number of nitro benzene ring substituents is 1. The van der Waals surface area contributed by atoms with Crippen molar-refractivity contribution in [1.82, 2.24) is 10.9 Å². The first kappa shape index (κ1) is 17.6. The van der Waals surface area contributed by atoms with Gasteiger partial charge in [-0.05, 0) is 49.0 Å². The van der Waals surface area contributed by atoms with Gasteiger partial charge in [0.05, 0.1) is 4.92 Å². The normalized spacial score (nSPS) is 9.92. The number of benzene rings is 2. The summed E-state index contributed by atoms with van der Waals surface area (Å²) in [6.45, 7) is 1.74. The second-order valence-electron chi connectivity index (χ2n) is 4.82. The summed E-state index contributed by atoms with van der Waals surface area (Å²) in [5.41, 5.74) is 5.84. The van der Waals surface area contributed by atoms with E-state index in [1.807, 2.05) is 0 Å². The highest BCUT2D eigenvalue weighted by Crippen LogP contribution is 2.19. The number of halogens is 1. The van der Waals surface area contributed by atoms with Gasteiger partial charge >= 0.3 is 0 Å². The molecule has 0 fully saturated rings. The molecule has 7 nitrogen and oxygen atoms in total. The standard InChI is InChI=1S/C15H13ClN4O3S/c1-9-5-6-13(20(22)23)12(7-9)14(21)18-19-15(24)17-11-4-2-3-10(16)8-11/h2-8H,1H3,(H,18,21)(H2,17,19,24). The minimum Gasteiger partial charge on any atom is -0.331 e. The Morgan fingerprint density at radius 1 is 1.21 bits per heavy atom. The van der Waals surface area contributed by atoms with Crippen molar-refractivity contribution >= 4 is 46.2 Å². The number of carbonyl (C=O) groups excluding carboxylic acids is 1. The van der Waals surface area contributed by atoms with Crippen molar-refractivity contribution in [2.45, 2.75) is 6.92 Å². The maximum atomic E-state index is 12.1. The van der Waals surface area contributed by atoms with Crippen molar-refractivity contribution < 1.29 is 9.72 Å². The first-order valence-electron chi connectivity index (χ1n) is 6.75. The van der Waals surface area contributed by atoms with E-state index in [1.54, 1.807) is 37.3 Å². The number of hydrogen-bond donors (Lipinski definition) is 3. The second-order valence-corrected chi connectivity index (χ2v) is 5.67. The van der Waals surface area contributed by atoms with Gasteiger partial charge in [0.15, 0.2) is 5.11 Å². The summed E-state index contributed by atoms with van der Waals surface area (Å²) in [6.07, 6.45) is 0. The zero-order valence-electron chi connectivity index (χ0n) is 12.5. The van der Waals surface area contributed by atoms with E-state index in [4.69, 9.17) is 23.8 Å². The fraction of sp³-hybridized carbons (Fsp3) is 0.0667. The molecule has 0 unspecified atom stereocenters. The first-order valence-corrected chi connectivity index (χ1v) is 7.53. The molecular weight excluding hydrogens is 352 g/mol. The third-order valence-corrected chi connectivity index (χ3v) is 3.40. The summed E-state index contributed by atoms with van der Waals surface area (Å²) in [5.74, 6) is -0.666. The van der Waals surface area contributed by atoms with Gasteiger partial charge in [-0.3, -0.25) is 25.8 Å². The molecule has 0 aliphatic rings.